The highest BCUT2D eigenvalue weighted by Gasteiger charge is 2.20. The van der Waals surface area contributed by atoms with Crippen LogP contribution in [0.4, 0.5) is 5.69 Å². The number of nitrogens with one attached hydrogen (secondary N) is 2. The predicted octanol–water partition coefficient (Wildman–Crippen LogP) is 1.05. The summed E-state index contributed by atoms with van der Waals surface area (Å²) in [6.07, 6.45) is 6.09. The van der Waals surface area contributed by atoms with Gasteiger partial charge in [0.25, 0.3) is 5.56 Å². The molecule has 1 fully saturated rings. The number of carbonyl (C=O) groups excluding carboxylic acids is 1. The van der Waals surface area contributed by atoms with E-state index in [1.54, 1.807) is 12.3 Å². The summed E-state index contributed by atoms with van der Waals surface area (Å²) in [7, 11) is 0. The zero-order chi connectivity index (χ0) is 14.4. The number of rotatable bonds is 5. The zero-order valence-corrected chi connectivity index (χ0v) is 11.9. The number of piperidine rings is 1. The summed E-state index contributed by atoms with van der Waals surface area (Å²) >= 11 is 0. The highest BCUT2D eigenvalue weighted by molar-refractivity contribution is 5.76. The molecule has 1 aliphatic heterocycles. The molecule has 0 bridgehead atoms. The average molecular weight is 278 g/mol. The largest absolute Gasteiger partial charge is 0.370 e. The molecule has 0 aliphatic carbocycles. The van der Waals surface area contributed by atoms with E-state index >= 15 is 0 Å². The van der Waals surface area contributed by atoms with Crippen LogP contribution in [-0.4, -0.2) is 35.2 Å². The smallest absolute Gasteiger partial charge is 0.266 e. The van der Waals surface area contributed by atoms with Crippen LogP contribution in [0.25, 0.3) is 0 Å². The molecular formula is C14H22N4O2. The van der Waals surface area contributed by atoms with Gasteiger partial charge in [-0.2, -0.15) is 5.10 Å². The van der Waals surface area contributed by atoms with E-state index in [0.717, 1.165) is 44.5 Å². The third-order valence-corrected chi connectivity index (χ3v) is 3.63. The number of anilines is 1. The van der Waals surface area contributed by atoms with E-state index in [2.05, 4.69) is 27.3 Å². The minimum Gasteiger partial charge on any atom is -0.370 e. The summed E-state index contributed by atoms with van der Waals surface area (Å²) in [5, 5.41) is 9.28. The van der Waals surface area contributed by atoms with Gasteiger partial charge in [-0.05, 0) is 19.3 Å². The van der Waals surface area contributed by atoms with Crippen molar-refractivity contribution in [3.63, 3.8) is 0 Å². The molecule has 110 valence electrons. The minimum absolute atomic E-state index is 0.156. The molecule has 0 saturated carbocycles. The number of nitrogens with zero attached hydrogens (tertiary/aromatic N) is 2. The van der Waals surface area contributed by atoms with Crippen molar-refractivity contribution in [1.29, 1.82) is 0 Å². The van der Waals surface area contributed by atoms with Crippen LogP contribution < -0.4 is 15.8 Å². The number of amides is 1. The van der Waals surface area contributed by atoms with Gasteiger partial charge in [0.15, 0.2) is 0 Å². The van der Waals surface area contributed by atoms with Crippen molar-refractivity contribution < 1.29 is 4.79 Å². The summed E-state index contributed by atoms with van der Waals surface area (Å²) < 4.78 is 0. The topological polar surface area (TPSA) is 78.1 Å². The fourth-order valence-electron chi connectivity index (χ4n) is 2.46. The first kappa shape index (κ1) is 14.6. The third kappa shape index (κ3) is 4.08. The monoisotopic (exact) mass is 278 g/mol. The molecule has 0 atom stereocenters. The van der Waals surface area contributed by atoms with Crippen molar-refractivity contribution in [3.8, 4) is 0 Å². The highest BCUT2D eigenvalue weighted by Crippen LogP contribution is 2.17. The Balaban J connectivity index is 1.80. The lowest BCUT2D eigenvalue weighted by Crippen LogP contribution is -2.44. The van der Waals surface area contributed by atoms with Crippen LogP contribution in [0.3, 0.4) is 0 Å². The molecule has 2 rings (SSSR count). The van der Waals surface area contributed by atoms with Crippen LogP contribution in [0.5, 0.6) is 0 Å². The van der Waals surface area contributed by atoms with Crippen LogP contribution in [0.15, 0.2) is 17.1 Å². The van der Waals surface area contributed by atoms with E-state index in [1.807, 2.05) is 0 Å². The molecular weight excluding hydrogens is 256 g/mol. The van der Waals surface area contributed by atoms with Gasteiger partial charge in [0.05, 0.1) is 11.9 Å². The van der Waals surface area contributed by atoms with Gasteiger partial charge < -0.3 is 10.2 Å². The number of hydrogen-bond donors (Lipinski definition) is 2. The van der Waals surface area contributed by atoms with Gasteiger partial charge >= 0.3 is 0 Å². The lowest BCUT2D eigenvalue weighted by molar-refractivity contribution is -0.122. The molecule has 2 heterocycles. The lowest BCUT2D eigenvalue weighted by Gasteiger charge is -2.33. The van der Waals surface area contributed by atoms with E-state index in [1.165, 1.54) is 0 Å². The van der Waals surface area contributed by atoms with Gasteiger partial charge in [-0.1, -0.05) is 13.3 Å². The van der Waals surface area contributed by atoms with Gasteiger partial charge in [0, 0.05) is 31.6 Å². The van der Waals surface area contributed by atoms with E-state index in [0.29, 0.717) is 6.42 Å². The maximum Gasteiger partial charge on any atom is 0.266 e. The Morgan fingerprint density at radius 3 is 2.90 bits per heavy atom. The zero-order valence-electron chi connectivity index (χ0n) is 11.9. The molecule has 20 heavy (non-hydrogen) atoms. The van der Waals surface area contributed by atoms with Crippen molar-refractivity contribution in [3.05, 3.63) is 22.6 Å². The van der Waals surface area contributed by atoms with Crippen LogP contribution in [-0.2, 0) is 4.79 Å². The second-order valence-electron chi connectivity index (χ2n) is 5.24. The molecule has 1 aliphatic rings. The number of unbranched alkanes of at least 4 members (excludes halogenated alkanes) is 1. The molecule has 2 N–H and O–H groups in total. The van der Waals surface area contributed by atoms with Crippen molar-refractivity contribution in [2.24, 2.45) is 0 Å². The van der Waals surface area contributed by atoms with E-state index in [9.17, 15) is 9.59 Å². The SMILES string of the molecule is CCCCC(=O)NC1CCN(c2cn[nH]c(=O)c2)CC1. The Labute approximate surface area is 118 Å². The molecule has 0 radical (unpaired) electrons. The van der Waals surface area contributed by atoms with E-state index < -0.39 is 0 Å². The first-order valence-corrected chi connectivity index (χ1v) is 7.28. The predicted molar refractivity (Wildman–Crippen MR) is 77.8 cm³/mol. The van der Waals surface area contributed by atoms with Crippen LogP contribution in [0, 0.1) is 0 Å². The normalized spacial score (nSPS) is 16.1. The molecule has 1 aromatic heterocycles. The number of carbonyl (C=O) groups is 1. The van der Waals surface area contributed by atoms with Gasteiger partial charge in [-0.25, -0.2) is 5.10 Å². The summed E-state index contributed by atoms with van der Waals surface area (Å²) in [6, 6.07) is 1.82. The number of aromatic amines is 1. The maximum absolute atomic E-state index is 11.7. The maximum atomic E-state index is 11.7. The van der Waals surface area contributed by atoms with Crippen molar-refractivity contribution in [2.75, 3.05) is 18.0 Å². The van der Waals surface area contributed by atoms with Crippen LogP contribution in [0.2, 0.25) is 0 Å². The van der Waals surface area contributed by atoms with E-state index in [-0.39, 0.29) is 17.5 Å². The summed E-state index contributed by atoms with van der Waals surface area (Å²) in [6.45, 7) is 3.76. The van der Waals surface area contributed by atoms with Gasteiger partial charge in [0.1, 0.15) is 0 Å². The first-order valence-electron chi connectivity index (χ1n) is 7.28. The molecule has 1 aromatic rings. The Kier molecular flexibility index (Phi) is 5.15. The van der Waals surface area contributed by atoms with E-state index in [4.69, 9.17) is 0 Å². The number of H-pyrrole nitrogens is 1. The average Bonchev–Trinajstić information content (AvgIpc) is 2.46. The first-order chi connectivity index (χ1) is 9.69. The Morgan fingerprint density at radius 2 is 2.25 bits per heavy atom. The van der Waals surface area contributed by atoms with Gasteiger partial charge in [0.2, 0.25) is 5.91 Å². The standard InChI is InChI=1S/C14H22N4O2/c1-2-3-4-13(19)16-11-5-7-18(8-6-11)12-9-14(20)17-15-10-12/h9-11H,2-8H2,1H3,(H,16,19)(H,17,20). The Hall–Kier alpha value is -1.85. The Bertz CT molecular complexity index is 492. The molecule has 0 spiro atoms. The quantitative estimate of drug-likeness (QED) is 0.843. The number of aromatic nitrogens is 2. The molecule has 6 nitrogen and oxygen atoms in total. The lowest BCUT2D eigenvalue weighted by atomic mass is 10.0. The van der Waals surface area contributed by atoms with Crippen LogP contribution in [0.1, 0.15) is 39.0 Å². The second-order valence-corrected chi connectivity index (χ2v) is 5.24. The molecule has 0 aromatic carbocycles. The highest BCUT2D eigenvalue weighted by atomic mass is 16.1. The molecule has 0 unspecified atom stereocenters. The molecule has 6 heteroatoms. The van der Waals surface area contributed by atoms with Crippen LogP contribution >= 0.6 is 0 Å². The molecule has 1 saturated heterocycles. The fraction of sp³-hybridized carbons (Fsp3) is 0.643. The van der Waals surface area contributed by atoms with Crippen molar-refractivity contribution >= 4 is 11.6 Å². The summed E-state index contributed by atoms with van der Waals surface area (Å²) in [5.74, 6) is 0.156. The van der Waals surface area contributed by atoms with Crippen molar-refractivity contribution in [2.45, 2.75) is 45.1 Å². The fourth-order valence-corrected chi connectivity index (χ4v) is 2.46. The second kappa shape index (κ2) is 7.07. The number of hydrogen-bond acceptors (Lipinski definition) is 4. The van der Waals surface area contributed by atoms with Gasteiger partial charge in [-0.15, -0.1) is 0 Å². The van der Waals surface area contributed by atoms with Gasteiger partial charge in [-0.3, -0.25) is 9.59 Å². The Morgan fingerprint density at radius 1 is 1.50 bits per heavy atom. The minimum atomic E-state index is -0.183. The van der Waals surface area contributed by atoms with Crippen molar-refractivity contribution in [1.82, 2.24) is 15.5 Å². The summed E-state index contributed by atoms with van der Waals surface area (Å²) in [4.78, 5) is 25.1. The third-order valence-electron chi connectivity index (χ3n) is 3.63. The molecule has 1 amide bonds. The summed E-state index contributed by atoms with van der Waals surface area (Å²) in [5.41, 5.74) is 0.669.